The monoisotopic (exact) mass is 363 g/mol. The number of anilines is 1. The molecule has 1 aromatic rings. The Labute approximate surface area is 153 Å². The van der Waals surface area contributed by atoms with Gasteiger partial charge in [0.15, 0.2) is 0 Å². The number of benzene rings is 1. The highest BCUT2D eigenvalue weighted by molar-refractivity contribution is 5.94. The molecular weight excluding hydrogens is 337 g/mol. The molecule has 0 saturated carbocycles. The smallest absolute Gasteiger partial charge is 0.410 e. The van der Waals surface area contributed by atoms with Gasteiger partial charge in [-0.05, 0) is 57.7 Å². The van der Waals surface area contributed by atoms with Crippen molar-refractivity contribution in [3.8, 4) is 0 Å². The zero-order valence-corrected chi connectivity index (χ0v) is 15.5. The molecule has 26 heavy (non-hydrogen) atoms. The van der Waals surface area contributed by atoms with E-state index in [2.05, 4.69) is 5.32 Å². The number of amides is 3. The van der Waals surface area contributed by atoms with Crippen molar-refractivity contribution in [3.05, 3.63) is 29.6 Å². The number of halogens is 1. The van der Waals surface area contributed by atoms with Gasteiger partial charge in [-0.3, -0.25) is 4.90 Å². The average Bonchev–Trinajstić information content (AvgIpc) is 2.97. The van der Waals surface area contributed by atoms with Gasteiger partial charge in [0.2, 0.25) is 0 Å². The molecule has 142 valence electrons. The SMILES string of the molecule is CC(C)(C)OC(=O)N1CCC(NC(=O)N2CCc3ccc(F)cc32)CC1. The number of ether oxygens (including phenoxy) is 1. The highest BCUT2D eigenvalue weighted by Gasteiger charge is 2.30. The Kier molecular flexibility index (Phi) is 5.07. The van der Waals surface area contributed by atoms with Crippen molar-refractivity contribution >= 4 is 17.8 Å². The lowest BCUT2D eigenvalue weighted by molar-refractivity contribution is 0.0201. The highest BCUT2D eigenvalue weighted by atomic mass is 19.1. The molecule has 1 saturated heterocycles. The van der Waals surface area contributed by atoms with E-state index in [-0.39, 0.29) is 24.0 Å². The summed E-state index contributed by atoms with van der Waals surface area (Å²) in [5.74, 6) is -0.339. The van der Waals surface area contributed by atoms with Crippen molar-refractivity contribution in [2.45, 2.75) is 51.7 Å². The Bertz CT molecular complexity index is 694. The Morgan fingerprint density at radius 3 is 2.54 bits per heavy atom. The first kappa shape index (κ1) is 18.5. The zero-order chi connectivity index (χ0) is 18.9. The Balaban J connectivity index is 1.52. The molecule has 0 radical (unpaired) electrons. The fraction of sp³-hybridized carbons (Fsp3) is 0.579. The van der Waals surface area contributed by atoms with Crippen molar-refractivity contribution in [2.24, 2.45) is 0 Å². The van der Waals surface area contributed by atoms with E-state index in [9.17, 15) is 14.0 Å². The number of likely N-dealkylation sites (tertiary alicyclic amines) is 1. The maximum Gasteiger partial charge on any atom is 0.410 e. The van der Waals surface area contributed by atoms with E-state index in [0.29, 0.717) is 38.2 Å². The van der Waals surface area contributed by atoms with E-state index >= 15 is 0 Å². The Morgan fingerprint density at radius 2 is 1.88 bits per heavy atom. The number of hydrogen-bond donors (Lipinski definition) is 1. The minimum absolute atomic E-state index is 0.00111. The van der Waals surface area contributed by atoms with Crippen LogP contribution in [0.1, 0.15) is 39.2 Å². The molecule has 1 aromatic carbocycles. The average molecular weight is 363 g/mol. The van der Waals surface area contributed by atoms with Crippen molar-refractivity contribution in [1.29, 1.82) is 0 Å². The summed E-state index contributed by atoms with van der Waals surface area (Å²) in [7, 11) is 0. The van der Waals surface area contributed by atoms with Crippen LogP contribution < -0.4 is 10.2 Å². The fourth-order valence-electron chi connectivity index (χ4n) is 3.35. The first-order valence-corrected chi connectivity index (χ1v) is 9.07. The van der Waals surface area contributed by atoms with Gasteiger partial charge in [-0.1, -0.05) is 6.07 Å². The number of urea groups is 1. The quantitative estimate of drug-likeness (QED) is 0.833. The van der Waals surface area contributed by atoms with Gasteiger partial charge in [0.1, 0.15) is 11.4 Å². The van der Waals surface area contributed by atoms with E-state index in [1.807, 2.05) is 20.8 Å². The standard InChI is InChI=1S/C19H26FN3O3/c1-19(2,3)26-18(25)22-9-7-15(8-10-22)21-17(24)23-11-6-13-4-5-14(20)12-16(13)23/h4-5,12,15H,6-11H2,1-3H3,(H,21,24). The minimum atomic E-state index is -0.513. The van der Waals surface area contributed by atoms with Crippen LogP contribution in [0.3, 0.4) is 0 Å². The summed E-state index contributed by atoms with van der Waals surface area (Å²) >= 11 is 0. The van der Waals surface area contributed by atoms with Crippen molar-refractivity contribution < 1.29 is 18.7 Å². The zero-order valence-electron chi connectivity index (χ0n) is 15.5. The van der Waals surface area contributed by atoms with Gasteiger partial charge < -0.3 is 15.0 Å². The van der Waals surface area contributed by atoms with E-state index in [1.54, 1.807) is 15.9 Å². The maximum absolute atomic E-state index is 13.5. The molecule has 0 aliphatic carbocycles. The van der Waals surface area contributed by atoms with Crippen molar-refractivity contribution in [3.63, 3.8) is 0 Å². The fourth-order valence-corrected chi connectivity index (χ4v) is 3.35. The molecule has 2 heterocycles. The van der Waals surface area contributed by atoms with Crippen LogP contribution in [-0.2, 0) is 11.2 Å². The topological polar surface area (TPSA) is 61.9 Å². The molecule has 2 aliphatic heterocycles. The summed E-state index contributed by atoms with van der Waals surface area (Å²) < 4.78 is 18.9. The molecule has 0 atom stereocenters. The first-order valence-electron chi connectivity index (χ1n) is 9.07. The molecule has 1 N–H and O–H groups in total. The van der Waals surface area contributed by atoms with E-state index in [1.165, 1.54) is 12.1 Å². The molecule has 0 aromatic heterocycles. The van der Waals surface area contributed by atoms with Crippen molar-refractivity contribution in [2.75, 3.05) is 24.5 Å². The second kappa shape index (κ2) is 7.13. The van der Waals surface area contributed by atoms with Crippen LogP contribution in [0, 0.1) is 5.82 Å². The summed E-state index contributed by atoms with van der Waals surface area (Å²) in [6, 6.07) is 4.36. The molecule has 0 bridgehead atoms. The van der Waals surface area contributed by atoms with Gasteiger partial charge in [0, 0.05) is 25.7 Å². The Hall–Kier alpha value is -2.31. The van der Waals surface area contributed by atoms with Gasteiger partial charge >= 0.3 is 12.1 Å². The summed E-state index contributed by atoms with van der Waals surface area (Å²) in [6.07, 6.45) is 1.77. The number of nitrogens with zero attached hydrogens (tertiary/aromatic N) is 2. The molecular formula is C19H26FN3O3. The summed E-state index contributed by atoms with van der Waals surface area (Å²) in [5, 5.41) is 3.01. The third-order valence-electron chi connectivity index (χ3n) is 4.66. The van der Waals surface area contributed by atoms with Crippen molar-refractivity contribution in [1.82, 2.24) is 10.2 Å². The lowest BCUT2D eigenvalue weighted by Crippen LogP contribution is -2.50. The second-order valence-electron chi connectivity index (χ2n) is 7.87. The van der Waals surface area contributed by atoms with E-state index in [4.69, 9.17) is 4.74 Å². The number of nitrogens with one attached hydrogen (secondary N) is 1. The second-order valence-corrected chi connectivity index (χ2v) is 7.87. The molecule has 0 spiro atoms. The number of carbonyl (C=O) groups excluding carboxylic acids is 2. The number of hydrogen-bond acceptors (Lipinski definition) is 3. The lowest BCUT2D eigenvalue weighted by Gasteiger charge is -2.34. The number of fused-ring (bicyclic) bond motifs is 1. The van der Waals surface area contributed by atoms with Gasteiger partial charge in [0.25, 0.3) is 0 Å². The van der Waals surface area contributed by atoms with Crippen LogP contribution >= 0.6 is 0 Å². The summed E-state index contributed by atoms with van der Waals surface area (Å²) in [6.45, 7) is 7.18. The van der Waals surface area contributed by atoms with E-state index < -0.39 is 5.60 Å². The van der Waals surface area contributed by atoms with Crippen LogP contribution in [0.5, 0.6) is 0 Å². The maximum atomic E-state index is 13.5. The van der Waals surface area contributed by atoms with Crippen LogP contribution in [-0.4, -0.2) is 48.3 Å². The van der Waals surface area contributed by atoms with Crippen LogP contribution in [0.4, 0.5) is 19.7 Å². The summed E-state index contributed by atoms with van der Waals surface area (Å²) in [5.41, 5.74) is 1.12. The molecule has 3 amide bonds. The predicted octanol–water partition coefficient (Wildman–Crippen LogP) is 3.30. The lowest BCUT2D eigenvalue weighted by atomic mass is 10.1. The molecule has 0 unspecified atom stereocenters. The summed E-state index contributed by atoms with van der Waals surface area (Å²) in [4.78, 5) is 27.9. The predicted molar refractivity (Wildman–Crippen MR) is 96.8 cm³/mol. The number of carbonyl (C=O) groups is 2. The van der Waals surface area contributed by atoms with Gasteiger partial charge in [-0.25, -0.2) is 14.0 Å². The molecule has 7 heteroatoms. The first-order chi connectivity index (χ1) is 12.2. The van der Waals surface area contributed by atoms with Gasteiger partial charge in [-0.2, -0.15) is 0 Å². The van der Waals surface area contributed by atoms with Crippen LogP contribution in [0.2, 0.25) is 0 Å². The number of piperidine rings is 1. The van der Waals surface area contributed by atoms with Crippen LogP contribution in [0.25, 0.3) is 0 Å². The largest absolute Gasteiger partial charge is 0.444 e. The molecule has 3 rings (SSSR count). The third-order valence-corrected chi connectivity index (χ3v) is 4.66. The third kappa shape index (κ3) is 4.26. The molecule has 2 aliphatic rings. The highest BCUT2D eigenvalue weighted by Crippen LogP contribution is 2.29. The van der Waals surface area contributed by atoms with Gasteiger partial charge in [0.05, 0.1) is 5.69 Å². The minimum Gasteiger partial charge on any atom is -0.444 e. The van der Waals surface area contributed by atoms with E-state index in [0.717, 1.165) is 12.0 Å². The Morgan fingerprint density at radius 1 is 1.19 bits per heavy atom. The van der Waals surface area contributed by atoms with Gasteiger partial charge in [-0.15, -0.1) is 0 Å². The normalized spacial score (nSPS) is 17.8. The number of rotatable bonds is 1. The van der Waals surface area contributed by atoms with Crippen LogP contribution in [0.15, 0.2) is 18.2 Å². The molecule has 6 nitrogen and oxygen atoms in total. The molecule has 1 fully saturated rings.